The molecule has 0 aromatic heterocycles. The molecule has 1 aliphatic rings. The van der Waals surface area contributed by atoms with Crippen LogP contribution in [0.2, 0.25) is 0 Å². The maximum Gasteiger partial charge on any atom is 0.235 e. The molecule has 1 unspecified atom stereocenters. The van der Waals surface area contributed by atoms with Crippen LogP contribution in [0.5, 0.6) is 0 Å². The van der Waals surface area contributed by atoms with Gasteiger partial charge < -0.3 is 10.2 Å². The summed E-state index contributed by atoms with van der Waals surface area (Å²) >= 11 is 0. The number of fused-ring (bicyclic) bond motifs is 1. The van der Waals surface area contributed by atoms with Crippen LogP contribution in [0.25, 0.3) is 0 Å². The number of carbonyl (C=O) groups excluding carboxylic acids is 1. The molecule has 0 radical (unpaired) electrons. The van der Waals surface area contributed by atoms with E-state index < -0.39 is 26.7 Å². The van der Waals surface area contributed by atoms with Gasteiger partial charge in [0.25, 0.3) is 0 Å². The largest absolute Gasteiger partial charge is 0.367 e. The monoisotopic (exact) mass is 324 g/mol. The summed E-state index contributed by atoms with van der Waals surface area (Å²) in [6.45, 7) is 6.47. The van der Waals surface area contributed by atoms with Crippen molar-refractivity contribution in [2.75, 3.05) is 23.7 Å². The Morgan fingerprint density at radius 1 is 1.36 bits per heavy atom. The van der Waals surface area contributed by atoms with Gasteiger partial charge in [-0.25, -0.2) is 8.42 Å². The van der Waals surface area contributed by atoms with E-state index in [9.17, 15) is 13.2 Å². The lowest BCUT2D eigenvalue weighted by Crippen LogP contribution is -2.40. The first kappa shape index (κ1) is 16.8. The lowest BCUT2D eigenvalue weighted by molar-refractivity contribution is -0.118. The highest BCUT2D eigenvalue weighted by atomic mass is 32.2. The maximum atomic E-state index is 11.8. The summed E-state index contributed by atoms with van der Waals surface area (Å²) in [5.41, 5.74) is 2.53. The van der Waals surface area contributed by atoms with Crippen LogP contribution < -0.4 is 10.2 Å². The minimum absolute atomic E-state index is 0.397. The van der Waals surface area contributed by atoms with E-state index in [0.717, 1.165) is 6.42 Å². The van der Waals surface area contributed by atoms with Gasteiger partial charge in [-0.3, -0.25) is 4.79 Å². The topological polar surface area (TPSA) is 66.5 Å². The fraction of sp³-hybridized carbons (Fsp3) is 0.562. The third kappa shape index (κ3) is 3.80. The van der Waals surface area contributed by atoms with Crippen LogP contribution in [0.15, 0.2) is 24.3 Å². The highest BCUT2D eigenvalue weighted by Gasteiger charge is 2.25. The molecular formula is C16H24N2O3S. The predicted octanol–water partition coefficient (Wildman–Crippen LogP) is 1.38. The lowest BCUT2D eigenvalue weighted by atomic mass is 10.1. The first-order valence-electron chi connectivity index (χ1n) is 7.64. The van der Waals surface area contributed by atoms with E-state index in [-0.39, 0.29) is 0 Å². The number of rotatable bonds is 6. The zero-order chi connectivity index (χ0) is 16.3. The van der Waals surface area contributed by atoms with Crippen molar-refractivity contribution in [2.45, 2.75) is 38.5 Å². The fourth-order valence-corrected chi connectivity index (χ4v) is 3.49. The zero-order valence-electron chi connectivity index (χ0n) is 13.4. The van der Waals surface area contributed by atoms with E-state index >= 15 is 0 Å². The number of hydrogen-bond acceptors (Lipinski definition) is 4. The average molecular weight is 324 g/mol. The summed E-state index contributed by atoms with van der Waals surface area (Å²) in [4.78, 5) is 14.0. The number of amides is 1. The fourth-order valence-electron chi connectivity index (χ4n) is 2.69. The van der Waals surface area contributed by atoms with Gasteiger partial charge in [-0.1, -0.05) is 18.2 Å². The highest BCUT2D eigenvalue weighted by molar-refractivity contribution is 7.92. The van der Waals surface area contributed by atoms with Gasteiger partial charge in [-0.2, -0.15) is 0 Å². The summed E-state index contributed by atoms with van der Waals surface area (Å²) in [7, 11) is -3.33. The molecule has 1 heterocycles. The molecule has 1 N–H and O–H groups in total. The molecule has 22 heavy (non-hydrogen) atoms. The van der Waals surface area contributed by atoms with Crippen molar-refractivity contribution in [3.05, 3.63) is 29.8 Å². The molecule has 0 saturated heterocycles. The molecule has 0 spiro atoms. The number of sulfone groups is 1. The SMILES string of the molecule is CC1Cc2ccccc2N1CCNC(=O)CS(=O)(=O)C(C)C. The van der Waals surface area contributed by atoms with Gasteiger partial charge in [0.2, 0.25) is 5.91 Å². The number of anilines is 1. The van der Waals surface area contributed by atoms with Gasteiger partial charge in [0.1, 0.15) is 5.75 Å². The highest BCUT2D eigenvalue weighted by Crippen LogP contribution is 2.31. The van der Waals surface area contributed by atoms with E-state index in [1.807, 2.05) is 12.1 Å². The molecule has 0 bridgehead atoms. The molecule has 0 saturated carbocycles. The molecule has 1 atom stereocenters. The van der Waals surface area contributed by atoms with Gasteiger partial charge in [-0.05, 0) is 38.8 Å². The van der Waals surface area contributed by atoms with Crippen molar-refractivity contribution in [3.63, 3.8) is 0 Å². The zero-order valence-corrected chi connectivity index (χ0v) is 14.2. The van der Waals surface area contributed by atoms with E-state index in [2.05, 4.69) is 29.3 Å². The molecule has 6 heteroatoms. The van der Waals surface area contributed by atoms with Crippen LogP contribution in [0, 0.1) is 0 Å². The molecule has 2 rings (SSSR count). The number of nitrogens with zero attached hydrogens (tertiary/aromatic N) is 1. The number of carbonyl (C=O) groups is 1. The summed E-state index contributed by atoms with van der Waals surface area (Å²) in [6, 6.07) is 8.66. The Morgan fingerprint density at radius 2 is 2.05 bits per heavy atom. The Labute approximate surface area is 132 Å². The Bertz CT molecular complexity index is 641. The molecule has 1 aromatic carbocycles. The van der Waals surface area contributed by atoms with Gasteiger partial charge in [0, 0.05) is 24.8 Å². The lowest BCUT2D eigenvalue weighted by Gasteiger charge is -2.25. The van der Waals surface area contributed by atoms with Crippen LogP contribution in [-0.4, -0.2) is 44.5 Å². The molecule has 5 nitrogen and oxygen atoms in total. The van der Waals surface area contributed by atoms with Crippen molar-refractivity contribution in [1.29, 1.82) is 0 Å². The summed E-state index contributed by atoms with van der Waals surface area (Å²) in [5.74, 6) is -0.856. The van der Waals surface area contributed by atoms with Crippen molar-refractivity contribution < 1.29 is 13.2 Å². The smallest absolute Gasteiger partial charge is 0.235 e. The molecular weight excluding hydrogens is 300 g/mol. The van der Waals surface area contributed by atoms with Gasteiger partial charge in [0.05, 0.1) is 5.25 Å². The van der Waals surface area contributed by atoms with E-state index in [0.29, 0.717) is 19.1 Å². The van der Waals surface area contributed by atoms with E-state index in [1.54, 1.807) is 13.8 Å². The minimum atomic E-state index is -3.33. The molecule has 1 aromatic rings. The summed E-state index contributed by atoms with van der Waals surface area (Å²) < 4.78 is 23.4. The molecule has 1 amide bonds. The summed E-state index contributed by atoms with van der Waals surface area (Å²) in [5, 5.41) is 2.19. The molecule has 0 aliphatic carbocycles. The second-order valence-electron chi connectivity index (χ2n) is 6.08. The number of nitrogens with one attached hydrogen (secondary N) is 1. The number of benzene rings is 1. The first-order valence-corrected chi connectivity index (χ1v) is 9.35. The third-order valence-electron chi connectivity index (χ3n) is 4.07. The van der Waals surface area contributed by atoms with Gasteiger partial charge in [0.15, 0.2) is 9.84 Å². The number of para-hydroxylation sites is 1. The molecule has 1 aliphatic heterocycles. The summed E-state index contributed by atoms with van der Waals surface area (Å²) in [6.07, 6.45) is 1.01. The van der Waals surface area contributed by atoms with Gasteiger partial charge in [-0.15, -0.1) is 0 Å². The van der Waals surface area contributed by atoms with Crippen LogP contribution in [-0.2, 0) is 21.1 Å². The average Bonchev–Trinajstić information content (AvgIpc) is 2.74. The van der Waals surface area contributed by atoms with Crippen LogP contribution >= 0.6 is 0 Å². The normalized spacial score (nSPS) is 17.6. The van der Waals surface area contributed by atoms with E-state index in [1.165, 1.54) is 11.3 Å². The van der Waals surface area contributed by atoms with Crippen molar-refractivity contribution in [3.8, 4) is 0 Å². The van der Waals surface area contributed by atoms with Crippen molar-refractivity contribution >= 4 is 21.4 Å². The Kier molecular flexibility index (Phi) is 5.11. The number of hydrogen-bond donors (Lipinski definition) is 1. The molecule has 0 fully saturated rings. The minimum Gasteiger partial charge on any atom is -0.367 e. The Hall–Kier alpha value is -1.56. The Morgan fingerprint density at radius 3 is 2.73 bits per heavy atom. The van der Waals surface area contributed by atoms with Gasteiger partial charge >= 0.3 is 0 Å². The predicted molar refractivity (Wildman–Crippen MR) is 88.9 cm³/mol. The maximum absolute atomic E-state index is 11.8. The first-order chi connectivity index (χ1) is 10.3. The van der Waals surface area contributed by atoms with Crippen molar-refractivity contribution in [1.82, 2.24) is 5.32 Å². The van der Waals surface area contributed by atoms with E-state index in [4.69, 9.17) is 0 Å². The third-order valence-corrected chi connectivity index (χ3v) is 6.17. The standard InChI is InChI=1S/C16H24N2O3S/c1-12(2)22(20,21)11-16(19)17-8-9-18-13(3)10-14-6-4-5-7-15(14)18/h4-7,12-13H,8-11H2,1-3H3,(H,17,19). The second-order valence-corrected chi connectivity index (χ2v) is 8.64. The van der Waals surface area contributed by atoms with Crippen molar-refractivity contribution in [2.24, 2.45) is 0 Å². The Balaban J connectivity index is 1.86. The molecule has 122 valence electrons. The second kappa shape index (κ2) is 6.69. The van der Waals surface area contributed by atoms with Crippen LogP contribution in [0.3, 0.4) is 0 Å². The quantitative estimate of drug-likeness (QED) is 0.858. The van der Waals surface area contributed by atoms with Crippen LogP contribution in [0.1, 0.15) is 26.3 Å². The van der Waals surface area contributed by atoms with Crippen LogP contribution in [0.4, 0.5) is 5.69 Å².